The van der Waals surface area contributed by atoms with Gasteiger partial charge < -0.3 is 14.5 Å². The Hall–Kier alpha value is -3.86. The summed E-state index contributed by atoms with van der Waals surface area (Å²) >= 11 is 0. The third-order valence-corrected chi connectivity index (χ3v) is 4.73. The van der Waals surface area contributed by atoms with Crippen molar-refractivity contribution >= 4 is 28.0 Å². The highest BCUT2D eigenvalue weighted by Crippen LogP contribution is 2.37. The Labute approximate surface area is 153 Å². The topological polar surface area (TPSA) is 79.1 Å². The quantitative estimate of drug-likeness (QED) is 0.458. The number of hydrogen-bond donors (Lipinski definition) is 2. The Balaban J connectivity index is 1.72. The number of carboxylic acid groups (broad SMARTS) is 1. The number of H-pyrrole nitrogens is 1. The second-order valence-corrected chi connectivity index (χ2v) is 6.30. The minimum atomic E-state index is -0.987. The molecule has 0 radical (unpaired) electrons. The molecule has 2 aromatic carbocycles. The summed E-state index contributed by atoms with van der Waals surface area (Å²) in [7, 11) is 0. The summed E-state index contributed by atoms with van der Waals surface area (Å²) in [6.07, 6.45) is 3.20. The van der Waals surface area contributed by atoms with E-state index in [9.17, 15) is 9.90 Å². The van der Waals surface area contributed by atoms with E-state index < -0.39 is 5.97 Å². The van der Waals surface area contributed by atoms with Crippen molar-refractivity contribution in [3.05, 3.63) is 78.7 Å². The first-order chi connectivity index (χ1) is 13.2. The second-order valence-electron chi connectivity index (χ2n) is 6.30. The molecule has 3 heterocycles. The van der Waals surface area contributed by atoms with Crippen LogP contribution in [-0.2, 0) is 0 Å². The molecule has 5 heteroatoms. The summed E-state index contributed by atoms with van der Waals surface area (Å²) < 4.78 is 5.91. The fourth-order valence-corrected chi connectivity index (χ4v) is 3.46. The first-order valence-electron chi connectivity index (χ1n) is 8.49. The molecule has 0 aliphatic rings. The lowest BCUT2D eigenvalue weighted by atomic mass is 10.0. The second kappa shape index (κ2) is 5.85. The molecular weight excluding hydrogens is 340 g/mol. The van der Waals surface area contributed by atoms with Gasteiger partial charge in [-0.05, 0) is 17.7 Å². The largest absolute Gasteiger partial charge is 0.478 e. The van der Waals surface area contributed by atoms with Gasteiger partial charge in [0.1, 0.15) is 11.8 Å². The van der Waals surface area contributed by atoms with E-state index in [1.165, 1.54) is 12.3 Å². The van der Waals surface area contributed by atoms with E-state index in [4.69, 9.17) is 4.42 Å². The summed E-state index contributed by atoms with van der Waals surface area (Å²) in [5.74, 6) is -0.987. The summed E-state index contributed by atoms with van der Waals surface area (Å²) in [5.41, 5.74) is 5.85. The van der Waals surface area contributed by atoms with Gasteiger partial charge in [-0.15, -0.1) is 0 Å². The van der Waals surface area contributed by atoms with E-state index in [2.05, 4.69) is 9.97 Å². The SMILES string of the molecule is O=C(O)c1ccnc2cc(-c3coc4c(-c5ccccc5)cccc34)[nH]c12. The molecule has 0 fully saturated rings. The van der Waals surface area contributed by atoms with Crippen molar-refractivity contribution in [2.24, 2.45) is 0 Å². The number of para-hydroxylation sites is 1. The number of fused-ring (bicyclic) bond motifs is 2. The van der Waals surface area contributed by atoms with E-state index in [0.717, 1.165) is 33.4 Å². The smallest absolute Gasteiger partial charge is 0.337 e. The lowest BCUT2D eigenvalue weighted by Crippen LogP contribution is -1.97. The Morgan fingerprint density at radius 1 is 1.00 bits per heavy atom. The number of aromatic amines is 1. The highest BCUT2D eigenvalue weighted by Gasteiger charge is 2.17. The van der Waals surface area contributed by atoms with E-state index in [-0.39, 0.29) is 5.56 Å². The van der Waals surface area contributed by atoms with E-state index in [1.54, 1.807) is 6.26 Å². The van der Waals surface area contributed by atoms with Gasteiger partial charge in [0, 0.05) is 22.7 Å². The molecule has 2 N–H and O–H groups in total. The van der Waals surface area contributed by atoms with Gasteiger partial charge >= 0.3 is 5.97 Å². The highest BCUT2D eigenvalue weighted by molar-refractivity contribution is 6.05. The molecule has 0 spiro atoms. The molecule has 0 unspecified atom stereocenters. The van der Waals surface area contributed by atoms with Crippen LogP contribution in [0.25, 0.3) is 44.4 Å². The van der Waals surface area contributed by atoms with Crippen LogP contribution in [0.1, 0.15) is 10.4 Å². The number of hydrogen-bond acceptors (Lipinski definition) is 3. The number of rotatable bonds is 3. The third kappa shape index (κ3) is 2.40. The van der Waals surface area contributed by atoms with Crippen molar-refractivity contribution in [2.75, 3.05) is 0 Å². The Morgan fingerprint density at radius 2 is 1.85 bits per heavy atom. The molecule has 0 aliphatic heterocycles. The fraction of sp³-hybridized carbons (Fsp3) is 0. The van der Waals surface area contributed by atoms with Gasteiger partial charge in [-0.1, -0.05) is 48.5 Å². The standard InChI is InChI=1S/C22H14N2O3/c25-22(26)16-9-10-23-19-11-18(24-20(16)19)17-12-27-21-14(7-4-8-15(17)21)13-5-2-1-3-6-13/h1-12,24H,(H,25,26). The maximum atomic E-state index is 11.5. The van der Waals surface area contributed by atoms with E-state index in [0.29, 0.717) is 11.0 Å². The average Bonchev–Trinajstić information content (AvgIpc) is 3.31. The summed E-state index contributed by atoms with van der Waals surface area (Å²) in [5, 5.41) is 10.3. The number of nitrogens with one attached hydrogen (secondary N) is 1. The maximum Gasteiger partial charge on any atom is 0.337 e. The van der Waals surface area contributed by atoms with Crippen LogP contribution in [0.4, 0.5) is 0 Å². The number of aromatic carboxylic acids is 1. The van der Waals surface area contributed by atoms with Gasteiger partial charge in [0.25, 0.3) is 0 Å². The summed E-state index contributed by atoms with van der Waals surface area (Å²) in [6, 6.07) is 19.4. The monoisotopic (exact) mass is 354 g/mol. The van der Waals surface area contributed by atoms with Gasteiger partial charge in [0.05, 0.1) is 22.3 Å². The third-order valence-electron chi connectivity index (χ3n) is 4.73. The van der Waals surface area contributed by atoms with Gasteiger partial charge in [-0.25, -0.2) is 4.79 Å². The first kappa shape index (κ1) is 15.4. The van der Waals surface area contributed by atoms with Gasteiger partial charge in [-0.2, -0.15) is 0 Å². The molecule has 3 aromatic heterocycles. The Bertz CT molecular complexity index is 1300. The van der Waals surface area contributed by atoms with Crippen LogP contribution in [0.3, 0.4) is 0 Å². The molecule has 0 atom stereocenters. The zero-order valence-corrected chi connectivity index (χ0v) is 14.1. The fourth-order valence-electron chi connectivity index (χ4n) is 3.46. The normalized spacial score (nSPS) is 11.3. The Morgan fingerprint density at radius 3 is 2.67 bits per heavy atom. The lowest BCUT2D eigenvalue weighted by Gasteiger charge is -2.02. The summed E-state index contributed by atoms with van der Waals surface area (Å²) in [6.45, 7) is 0. The molecule has 130 valence electrons. The number of nitrogens with zero attached hydrogens (tertiary/aromatic N) is 1. The van der Waals surface area contributed by atoms with Crippen LogP contribution >= 0.6 is 0 Å². The average molecular weight is 354 g/mol. The number of carboxylic acids is 1. The number of benzene rings is 2. The van der Waals surface area contributed by atoms with Crippen molar-refractivity contribution < 1.29 is 14.3 Å². The molecule has 5 aromatic rings. The van der Waals surface area contributed by atoms with Crippen LogP contribution in [0.15, 0.2) is 77.5 Å². The van der Waals surface area contributed by atoms with Gasteiger partial charge in [0.15, 0.2) is 0 Å². The van der Waals surface area contributed by atoms with Crippen molar-refractivity contribution in [2.45, 2.75) is 0 Å². The van der Waals surface area contributed by atoms with Crippen LogP contribution in [0.5, 0.6) is 0 Å². The van der Waals surface area contributed by atoms with Crippen molar-refractivity contribution in [1.82, 2.24) is 9.97 Å². The zero-order chi connectivity index (χ0) is 18.4. The van der Waals surface area contributed by atoms with Crippen molar-refractivity contribution in [3.8, 4) is 22.4 Å². The minimum Gasteiger partial charge on any atom is -0.478 e. The van der Waals surface area contributed by atoms with Crippen LogP contribution in [0.2, 0.25) is 0 Å². The minimum absolute atomic E-state index is 0.198. The maximum absolute atomic E-state index is 11.5. The van der Waals surface area contributed by atoms with Crippen molar-refractivity contribution in [3.63, 3.8) is 0 Å². The molecule has 5 rings (SSSR count). The van der Waals surface area contributed by atoms with Gasteiger partial charge in [0.2, 0.25) is 0 Å². The molecule has 27 heavy (non-hydrogen) atoms. The zero-order valence-electron chi connectivity index (χ0n) is 14.1. The molecule has 0 bridgehead atoms. The van der Waals surface area contributed by atoms with Crippen LogP contribution in [-0.4, -0.2) is 21.0 Å². The van der Waals surface area contributed by atoms with Gasteiger partial charge in [-0.3, -0.25) is 4.98 Å². The summed E-state index contributed by atoms with van der Waals surface area (Å²) in [4.78, 5) is 18.9. The molecule has 0 saturated heterocycles. The highest BCUT2D eigenvalue weighted by atomic mass is 16.4. The Kier molecular flexibility index (Phi) is 3.33. The number of furan rings is 1. The number of aromatic nitrogens is 2. The number of pyridine rings is 1. The van der Waals surface area contributed by atoms with E-state index >= 15 is 0 Å². The molecule has 5 nitrogen and oxygen atoms in total. The number of carbonyl (C=O) groups is 1. The lowest BCUT2D eigenvalue weighted by molar-refractivity contribution is 0.0698. The molecule has 0 aliphatic carbocycles. The van der Waals surface area contributed by atoms with Crippen LogP contribution in [0, 0.1) is 0 Å². The molecule has 0 saturated carbocycles. The van der Waals surface area contributed by atoms with E-state index in [1.807, 2.05) is 54.6 Å². The molecular formula is C22H14N2O3. The van der Waals surface area contributed by atoms with Crippen molar-refractivity contribution in [1.29, 1.82) is 0 Å². The predicted molar refractivity (Wildman–Crippen MR) is 104 cm³/mol. The van der Waals surface area contributed by atoms with Crippen LogP contribution < -0.4 is 0 Å². The predicted octanol–water partition coefficient (Wildman–Crippen LogP) is 5.34. The molecule has 0 amide bonds. The first-order valence-corrected chi connectivity index (χ1v) is 8.49.